The molecule has 0 aromatic heterocycles. The van der Waals surface area contributed by atoms with Crippen molar-refractivity contribution in [3.05, 3.63) is 29.6 Å². The average molecular weight is 223 g/mol. The van der Waals surface area contributed by atoms with E-state index >= 15 is 0 Å². The molecule has 1 saturated heterocycles. The molecule has 0 saturated carbocycles. The molecule has 0 aliphatic carbocycles. The van der Waals surface area contributed by atoms with E-state index in [1.807, 2.05) is 0 Å². The Balaban J connectivity index is 2.24. The average Bonchev–Trinajstić information content (AvgIpc) is 2.64. The quantitative estimate of drug-likeness (QED) is 0.825. The van der Waals surface area contributed by atoms with Crippen LogP contribution in [0, 0.1) is 18.7 Å². The number of halogens is 1. The SMILES string of the molecule is Cc1ccc(N2CC(CO)CC2=O)cc1F. The zero-order chi connectivity index (χ0) is 11.7. The summed E-state index contributed by atoms with van der Waals surface area (Å²) in [6.07, 6.45) is 0.339. The number of nitrogens with zero attached hydrogens (tertiary/aromatic N) is 1. The molecular formula is C12H14FNO2. The molecule has 1 amide bonds. The maximum Gasteiger partial charge on any atom is 0.227 e. The fourth-order valence-electron chi connectivity index (χ4n) is 1.90. The number of carbonyl (C=O) groups is 1. The van der Waals surface area contributed by atoms with E-state index < -0.39 is 0 Å². The first kappa shape index (κ1) is 11.1. The molecule has 1 heterocycles. The van der Waals surface area contributed by atoms with Gasteiger partial charge in [0.2, 0.25) is 5.91 Å². The van der Waals surface area contributed by atoms with E-state index in [0.717, 1.165) is 0 Å². The summed E-state index contributed by atoms with van der Waals surface area (Å²) in [7, 11) is 0. The first-order chi connectivity index (χ1) is 7.61. The van der Waals surface area contributed by atoms with Gasteiger partial charge in [-0.1, -0.05) is 6.07 Å². The van der Waals surface area contributed by atoms with E-state index in [0.29, 0.717) is 24.2 Å². The summed E-state index contributed by atoms with van der Waals surface area (Å²) >= 11 is 0. The van der Waals surface area contributed by atoms with Gasteiger partial charge < -0.3 is 10.0 Å². The van der Waals surface area contributed by atoms with Gasteiger partial charge in [0, 0.05) is 31.2 Å². The second-order valence-corrected chi connectivity index (χ2v) is 4.19. The van der Waals surface area contributed by atoms with E-state index in [-0.39, 0.29) is 24.2 Å². The van der Waals surface area contributed by atoms with Crippen molar-refractivity contribution in [2.75, 3.05) is 18.1 Å². The van der Waals surface area contributed by atoms with Gasteiger partial charge in [-0.2, -0.15) is 0 Å². The molecule has 1 aromatic rings. The number of rotatable bonds is 2. The number of hydrogen-bond acceptors (Lipinski definition) is 2. The second-order valence-electron chi connectivity index (χ2n) is 4.19. The number of aliphatic hydroxyl groups is 1. The Kier molecular flexibility index (Phi) is 2.92. The molecule has 86 valence electrons. The molecule has 0 spiro atoms. The van der Waals surface area contributed by atoms with Gasteiger partial charge in [-0.25, -0.2) is 4.39 Å². The minimum Gasteiger partial charge on any atom is -0.396 e. The molecule has 1 atom stereocenters. The van der Waals surface area contributed by atoms with Crippen molar-refractivity contribution in [3.63, 3.8) is 0 Å². The number of hydrogen-bond donors (Lipinski definition) is 1. The van der Waals surface area contributed by atoms with Crippen molar-refractivity contribution in [2.45, 2.75) is 13.3 Å². The van der Waals surface area contributed by atoms with Gasteiger partial charge >= 0.3 is 0 Å². The summed E-state index contributed by atoms with van der Waals surface area (Å²) < 4.78 is 13.4. The fraction of sp³-hybridized carbons (Fsp3) is 0.417. The fourth-order valence-corrected chi connectivity index (χ4v) is 1.90. The van der Waals surface area contributed by atoms with E-state index in [2.05, 4.69) is 0 Å². The maximum atomic E-state index is 13.4. The van der Waals surface area contributed by atoms with E-state index in [9.17, 15) is 9.18 Å². The predicted molar refractivity (Wildman–Crippen MR) is 58.7 cm³/mol. The van der Waals surface area contributed by atoms with Crippen LogP contribution in [0.4, 0.5) is 10.1 Å². The lowest BCUT2D eigenvalue weighted by Crippen LogP contribution is -2.25. The summed E-state index contributed by atoms with van der Waals surface area (Å²) in [4.78, 5) is 13.2. The Morgan fingerprint density at radius 2 is 2.31 bits per heavy atom. The Morgan fingerprint density at radius 3 is 2.88 bits per heavy atom. The first-order valence-electron chi connectivity index (χ1n) is 5.29. The monoisotopic (exact) mass is 223 g/mol. The molecule has 16 heavy (non-hydrogen) atoms. The maximum absolute atomic E-state index is 13.4. The van der Waals surface area contributed by atoms with Crippen molar-refractivity contribution in [2.24, 2.45) is 5.92 Å². The van der Waals surface area contributed by atoms with Crippen LogP contribution in [0.15, 0.2) is 18.2 Å². The van der Waals surface area contributed by atoms with Crippen LogP contribution < -0.4 is 4.90 Å². The normalized spacial score (nSPS) is 20.6. The Hall–Kier alpha value is -1.42. The van der Waals surface area contributed by atoms with Crippen LogP contribution in [0.1, 0.15) is 12.0 Å². The Morgan fingerprint density at radius 1 is 1.56 bits per heavy atom. The Labute approximate surface area is 93.5 Å². The van der Waals surface area contributed by atoms with Crippen molar-refractivity contribution in [1.82, 2.24) is 0 Å². The van der Waals surface area contributed by atoms with Crippen molar-refractivity contribution < 1.29 is 14.3 Å². The molecule has 0 radical (unpaired) electrons. The van der Waals surface area contributed by atoms with Gasteiger partial charge in [0.05, 0.1) is 0 Å². The van der Waals surface area contributed by atoms with Gasteiger partial charge in [0.1, 0.15) is 5.82 Å². The lowest BCUT2D eigenvalue weighted by molar-refractivity contribution is -0.117. The number of carbonyl (C=O) groups excluding carboxylic acids is 1. The number of anilines is 1. The van der Waals surface area contributed by atoms with Crippen molar-refractivity contribution in [3.8, 4) is 0 Å². The van der Waals surface area contributed by atoms with Crippen LogP contribution in [0.2, 0.25) is 0 Å². The van der Waals surface area contributed by atoms with E-state index in [1.54, 1.807) is 19.1 Å². The molecule has 1 N–H and O–H groups in total. The minimum atomic E-state index is -0.308. The molecule has 4 heteroatoms. The van der Waals surface area contributed by atoms with Crippen LogP contribution in [0.5, 0.6) is 0 Å². The summed E-state index contributed by atoms with van der Waals surface area (Å²) in [5, 5.41) is 8.99. The van der Waals surface area contributed by atoms with Crippen LogP contribution in [0.25, 0.3) is 0 Å². The highest BCUT2D eigenvalue weighted by Crippen LogP contribution is 2.26. The molecule has 0 bridgehead atoms. The van der Waals surface area contributed by atoms with Crippen LogP contribution in [-0.4, -0.2) is 24.2 Å². The van der Waals surface area contributed by atoms with Gasteiger partial charge in [0.25, 0.3) is 0 Å². The second kappa shape index (κ2) is 4.22. The number of benzene rings is 1. The standard InChI is InChI=1S/C12H14FNO2/c1-8-2-3-10(5-11(8)13)14-6-9(7-15)4-12(14)16/h2-3,5,9,15H,4,6-7H2,1H3. The lowest BCUT2D eigenvalue weighted by Gasteiger charge is -2.16. The summed E-state index contributed by atoms with van der Waals surface area (Å²) in [6.45, 7) is 2.15. The zero-order valence-corrected chi connectivity index (χ0v) is 9.11. The third kappa shape index (κ3) is 1.93. The molecule has 1 unspecified atom stereocenters. The van der Waals surface area contributed by atoms with E-state index in [4.69, 9.17) is 5.11 Å². The smallest absolute Gasteiger partial charge is 0.227 e. The lowest BCUT2D eigenvalue weighted by atomic mass is 10.1. The topological polar surface area (TPSA) is 40.5 Å². The molecule has 1 aliphatic heterocycles. The number of aliphatic hydroxyl groups excluding tert-OH is 1. The van der Waals surface area contributed by atoms with Gasteiger partial charge in [0.15, 0.2) is 0 Å². The van der Waals surface area contributed by atoms with Crippen molar-refractivity contribution >= 4 is 11.6 Å². The van der Waals surface area contributed by atoms with Crippen LogP contribution in [-0.2, 0) is 4.79 Å². The third-order valence-electron chi connectivity index (χ3n) is 2.93. The van der Waals surface area contributed by atoms with Crippen LogP contribution in [0.3, 0.4) is 0 Å². The molecular weight excluding hydrogens is 209 g/mol. The van der Waals surface area contributed by atoms with E-state index in [1.165, 1.54) is 11.0 Å². The number of aryl methyl sites for hydroxylation is 1. The van der Waals surface area contributed by atoms with Gasteiger partial charge in [-0.3, -0.25) is 4.79 Å². The first-order valence-corrected chi connectivity index (χ1v) is 5.29. The third-order valence-corrected chi connectivity index (χ3v) is 2.93. The minimum absolute atomic E-state index is 0.00339. The van der Waals surface area contributed by atoms with Crippen molar-refractivity contribution in [1.29, 1.82) is 0 Å². The summed E-state index contributed by atoms with van der Waals surface area (Å²) in [5.41, 5.74) is 1.14. The highest BCUT2D eigenvalue weighted by molar-refractivity contribution is 5.95. The molecule has 1 aliphatic rings. The molecule has 2 rings (SSSR count). The molecule has 1 fully saturated rings. The highest BCUT2D eigenvalue weighted by Gasteiger charge is 2.30. The summed E-state index contributed by atoms with van der Waals surface area (Å²) in [5.74, 6) is -0.392. The Bertz CT molecular complexity index is 419. The largest absolute Gasteiger partial charge is 0.396 e. The van der Waals surface area contributed by atoms with Gasteiger partial charge in [-0.05, 0) is 24.6 Å². The summed E-state index contributed by atoms with van der Waals surface area (Å²) in [6, 6.07) is 4.76. The predicted octanol–water partition coefficient (Wildman–Crippen LogP) is 1.48. The molecule has 1 aromatic carbocycles. The zero-order valence-electron chi connectivity index (χ0n) is 9.11. The van der Waals surface area contributed by atoms with Gasteiger partial charge in [-0.15, -0.1) is 0 Å². The number of amides is 1. The highest BCUT2D eigenvalue weighted by atomic mass is 19.1. The molecule has 3 nitrogen and oxygen atoms in total. The van der Waals surface area contributed by atoms with Crippen LogP contribution >= 0.6 is 0 Å².